The Kier molecular flexibility index (Phi) is 5.16. The molecular formula is C11H17N3O4. The van der Waals surface area contributed by atoms with Crippen LogP contribution in [0.4, 0.5) is 10.7 Å². The van der Waals surface area contributed by atoms with Crippen molar-refractivity contribution in [3.63, 3.8) is 0 Å². The van der Waals surface area contributed by atoms with Crippen molar-refractivity contribution in [3.05, 3.63) is 11.3 Å². The van der Waals surface area contributed by atoms with Crippen molar-refractivity contribution in [1.29, 1.82) is 0 Å². The zero-order valence-corrected chi connectivity index (χ0v) is 10.7. The number of urea groups is 1. The van der Waals surface area contributed by atoms with Crippen molar-refractivity contribution < 1.29 is 18.8 Å². The number of carbonyl (C=O) groups excluding carboxylic acids is 2. The molecule has 0 aliphatic rings. The first-order valence-corrected chi connectivity index (χ1v) is 5.78. The average molecular weight is 255 g/mol. The van der Waals surface area contributed by atoms with E-state index in [0.717, 1.165) is 6.42 Å². The van der Waals surface area contributed by atoms with Crippen molar-refractivity contribution in [2.75, 3.05) is 18.5 Å². The lowest BCUT2D eigenvalue weighted by Gasteiger charge is -2.05. The fourth-order valence-electron chi connectivity index (χ4n) is 1.27. The Bertz CT molecular complexity index is 428. The molecule has 7 heteroatoms. The van der Waals surface area contributed by atoms with Crippen LogP contribution in [-0.2, 0) is 4.74 Å². The summed E-state index contributed by atoms with van der Waals surface area (Å²) < 4.78 is 9.88. The van der Waals surface area contributed by atoms with Gasteiger partial charge in [-0.15, -0.1) is 0 Å². The van der Waals surface area contributed by atoms with Gasteiger partial charge in [0.2, 0.25) is 5.88 Å². The van der Waals surface area contributed by atoms with E-state index in [2.05, 4.69) is 15.8 Å². The molecule has 0 saturated carbocycles. The maximum Gasteiger partial charge on any atom is 0.345 e. The van der Waals surface area contributed by atoms with Crippen molar-refractivity contribution in [2.45, 2.75) is 27.2 Å². The standard InChI is InChI=1S/C11H17N3O4/c1-4-6-17-10(15)8-7(3)14-18-9(8)13-11(16)12-5-2/h4-6H2,1-3H3,(H2,12,13,16). The number of esters is 1. The van der Waals surface area contributed by atoms with E-state index in [1.165, 1.54) is 0 Å². The predicted molar refractivity (Wildman–Crippen MR) is 64.5 cm³/mol. The molecule has 0 saturated heterocycles. The van der Waals surface area contributed by atoms with Gasteiger partial charge < -0.3 is 14.6 Å². The Balaban J connectivity index is 2.80. The van der Waals surface area contributed by atoms with Gasteiger partial charge in [0, 0.05) is 6.54 Å². The molecule has 1 aromatic rings. The molecule has 100 valence electrons. The van der Waals surface area contributed by atoms with Gasteiger partial charge in [0.1, 0.15) is 5.56 Å². The van der Waals surface area contributed by atoms with Crippen LogP contribution in [0.15, 0.2) is 4.52 Å². The molecule has 0 aromatic carbocycles. The van der Waals surface area contributed by atoms with Crippen LogP contribution in [0.2, 0.25) is 0 Å². The van der Waals surface area contributed by atoms with Crippen LogP contribution in [0.1, 0.15) is 36.3 Å². The fourth-order valence-corrected chi connectivity index (χ4v) is 1.27. The second-order valence-electron chi connectivity index (χ2n) is 3.59. The molecule has 0 fully saturated rings. The minimum atomic E-state index is -0.553. The molecule has 1 heterocycles. The second kappa shape index (κ2) is 6.63. The van der Waals surface area contributed by atoms with Crippen LogP contribution in [-0.4, -0.2) is 30.3 Å². The van der Waals surface area contributed by atoms with Gasteiger partial charge >= 0.3 is 12.0 Å². The summed E-state index contributed by atoms with van der Waals surface area (Å²) in [7, 11) is 0. The third-order valence-corrected chi connectivity index (χ3v) is 2.07. The average Bonchev–Trinajstić information content (AvgIpc) is 2.67. The zero-order chi connectivity index (χ0) is 13.5. The number of aromatic nitrogens is 1. The highest BCUT2D eigenvalue weighted by atomic mass is 16.5. The highest BCUT2D eigenvalue weighted by molar-refractivity contribution is 5.99. The van der Waals surface area contributed by atoms with Crippen molar-refractivity contribution in [2.24, 2.45) is 0 Å². The van der Waals surface area contributed by atoms with Crippen LogP contribution in [0.3, 0.4) is 0 Å². The highest BCUT2D eigenvalue weighted by Crippen LogP contribution is 2.20. The summed E-state index contributed by atoms with van der Waals surface area (Å²) >= 11 is 0. The van der Waals surface area contributed by atoms with E-state index >= 15 is 0 Å². The molecule has 18 heavy (non-hydrogen) atoms. The van der Waals surface area contributed by atoms with Gasteiger partial charge in [0.05, 0.1) is 12.3 Å². The normalized spacial score (nSPS) is 9.94. The summed E-state index contributed by atoms with van der Waals surface area (Å²) in [5.74, 6) is -0.554. The first kappa shape index (κ1) is 14.0. The number of ether oxygens (including phenoxy) is 1. The Hall–Kier alpha value is -2.05. The molecular weight excluding hydrogens is 238 g/mol. The number of aryl methyl sites for hydroxylation is 1. The highest BCUT2D eigenvalue weighted by Gasteiger charge is 2.23. The van der Waals surface area contributed by atoms with Gasteiger partial charge in [-0.05, 0) is 20.3 Å². The van der Waals surface area contributed by atoms with Crippen molar-refractivity contribution in [3.8, 4) is 0 Å². The Morgan fingerprint density at radius 3 is 2.72 bits per heavy atom. The predicted octanol–water partition coefficient (Wildman–Crippen LogP) is 1.69. The molecule has 2 N–H and O–H groups in total. The summed E-state index contributed by atoms with van der Waals surface area (Å²) in [6.45, 7) is 6.05. The smallest absolute Gasteiger partial charge is 0.345 e. The molecule has 0 bridgehead atoms. The monoisotopic (exact) mass is 255 g/mol. The van der Waals surface area contributed by atoms with E-state index in [4.69, 9.17) is 9.26 Å². The van der Waals surface area contributed by atoms with Crippen LogP contribution in [0.5, 0.6) is 0 Å². The number of carbonyl (C=O) groups is 2. The fraction of sp³-hybridized carbons (Fsp3) is 0.545. The van der Waals surface area contributed by atoms with Crippen molar-refractivity contribution >= 4 is 17.9 Å². The number of nitrogens with zero attached hydrogens (tertiary/aromatic N) is 1. The summed E-state index contributed by atoms with van der Waals surface area (Å²) in [4.78, 5) is 23.1. The molecule has 0 unspecified atom stereocenters. The molecule has 1 rings (SSSR count). The number of amides is 2. The number of anilines is 1. The van der Waals surface area contributed by atoms with Crippen LogP contribution < -0.4 is 10.6 Å². The van der Waals surface area contributed by atoms with E-state index in [0.29, 0.717) is 18.8 Å². The number of hydrogen-bond donors (Lipinski definition) is 2. The minimum absolute atomic E-state index is 0.000414. The summed E-state index contributed by atoms with van der Waals surface area (Å²) in [5.41, 5.74) is 0.526. The van der Waals surface area contributed by atoms with Crippen LogP contribution in [0, 0.1) is 6.92 Å². The first-order valence-electron chi connectivity index (χ1n) is 5.78. The third-order valence-electron chi connectivity index (χ3n) is 2.07. The number of nitrogens with one attached hydrogen (secondary N) is 2. The van der Waals surface area contributed by atoms with Gasteiger partial charge in [0.15, 0.2) is 0 Å². The lowest BCUT2D eigenvalue weighted by Crippen LogP contribution is -2.28. The van der Waals surface area contributed by atoms with E-state index in [9.17, 15) is 9.59 Å². The lowest BCUT2D eigenvalue weighted by atomic mass is 10.2. The van der Waals surface area contributed by atoms with Crippen molar-refractivity contribution in [1.82, 2.24) is 10.5 Å². The largest absolute Gasteiger partial charge is 0.462 e. The molecule has 1 aromatic heterocycles. The third kappa shape index (κ3) is 3.47. The topological polar surface area (TPSA) is 93.5 Å². The Labute approximate surface area is 105 Å². The lowest BCUT2D eigenvalue weighted by molar-refractivity contribution is 0.0505. The van der Waals surface area contributed by atoms with Crippen LogP contribution >= 0.6 is 0 Å². The summed E-state index contributed by atoms with van der Waals surface area (Å²) in [6.07, 6.45) is 0.717. The van der Waals surface area contributed by atoms with E-state index in [1.54, 1.807) is 13.8 Å². The minimum Gasteiger partial charge on any atom is -0.462 e. The van der Waals surface area contributed by atoms with Gasteiger partial charge in [-0.1, -0.05) is 12.1 Å². The van der Waals surface area contributed by atoms with E-state index in [-0.39, 0.29) is 11.4 Å². The van der Waals surface area contributed by atoms with Gasteiger partial charge in [0.25, 0.3) is 0 Å². The number of hydrogen-bond acceptors (Lipinski definition) is 5. The Morgan fingerprint density at radius 1 is 1.39 bits per heavy atom. The van der Waals surface area contributed by atoms with Crippen LogP contribution in [0.25, 0.3) is 0 Å². The SMILES string of the molecule is CCCOC(=O)c1c(C)noc1NC(=O)NCC. The molecule has 0 atom stereocenters. The molecule has 0 aliphatic carbocycles. The first-order chi connectivity index (χ1) is 8.60. The van der Waals surface area contributed by atoms with E-state index in [1.807, 2.05) is 6.92 Å². The zero-order valence-electron chi connectivity index (χ0n) is 10.7. The molecule has 0 aliphatic heterocycles. The molecule has 2 amide bonds. The van der Waals surface area contributed by atoms with Gasteiger partial charge in [-0.3, -0.25) is 5.32 Å². The second-order valence-corrected chi connectivity index (χ2v) is 3.59. The molecule has 0 radical (unpaired) electrons. The quantitative estimate of drug-likeness (QED) is 0.781. The number of rotatable bonds is 5. The molecule has 7 nitrogen and oxygen atoms in total. The van der Waals surface area contributed by atoms with E-state index < -0.39 is 12.0 Å². The van der Waals surface area contributed by atoms with Gasteiger partial charge in [-0.2, -0.15) is 0 Å². The maximum absolute atomic E-state index is 11.8. The summed E-state index contributed by atoms with van der Waals surface area (Å²) in [5, 5.41) is 8.57. The Morgan fingerprint density at radius 2 is 2.11 bits per heavy atom. The van der Waals surface area contributed by atoms with Gasteiger partial charge in [-0.25, -0.2) is 9.59 Å². The molecule has 0 spiro atoms. The summed E-state index contributed by atoms with van der Waals surface area (Å²) in [6, 6.07) is -0.460. The maximum atomic E-state index is 11.8.